The van der Waals surface area contributed by atoms with Gasteiger partial charge in [0, 0.05) is 6.54 Å². The number of aryl methyl sites for hydroxylation is 1. The number of rotatable bonds is 4. The van der Waals surface area contributed by atoms with Crippen LogP contribution < -0.4 is 10.9 Å². The predicted molar refractivity (Wildman–Crippen MR) is 91.7 cm³/mol. The van der Waals surface area contributed by atoms with E-state index in [9.17, 15) is 14.0 Å². The number of pyridine rings is 1. The zero-order chi connectivity index (χ0) is 17.1. The van der Waals surface area contributed by atoms with E-state index in [0.717, 1.165) is 11.1 Å². The molecular weight excluding hydrogens is 307 g/mol. The van der Waals surface area contributed by atoms with Gasteiger partial charge in [-0.3, -0.25) is 9.59 Å². The molecule has 0 spiro atoms. The Balaban J connectivity index is 1.73. The lowest BCUT2D eigenvalue weighted by Gasteiger charge is -2.07. The number of carbonyl (C=O) groups is 1. The molecule has 0 radical (unpaired) electrons. The molecule has 0 unspecified atom stereocenters. The largest absolute Gasteiger partial charge is 0.352 e. The number of halogens is 1. The molecule has 1 aromatic heterocycles. The first kappa shape index (κ1) is 15.9. The summed E-state index contributed by atoms with van der Waals surface area (Å²) in [4.78, 5) is 26.8. The van der Waals surface area contributed by atoms with Gasteiger partial charge in [-0.25, -0.2) is 4.39 Å². The lowest BCUT2D eigenvalue weighted by atomic mass is 10.1. The van der Waals surface area contributed by atoms with Crippen LogP contribution in [0.3, 0.4) is 0 Å². The summed E-state index contributed by atoms with van der Waals surface area (Å²) in [5.41, 5.74) is 2.16. The molecule has 4 nitrogen and oxygen atoms in total. The molecule has 3 rings (SSSR count). The Hall–Kier alpha value is -2.95. The third-order valence-electron chi connectivity index (χ3n) is 3.83. The normalized spacial score (nSPS) is 10.8. The Morgan fingerprint density at radius 2 is 2.00 bits per heavy atom. The van der Waals surface area contributed by atoms with Crippen molar-refractivity contribution in [2.45, 2.75) is 13.3 Å². The van der Waals surface area contributed by atoms with Gasteiger partial charge >= 0.3 is 0 Å². The molecule has 122 valence electrons. The van der Waals surface area contributed by atoms with Crippen LogP contribution in [0.25, 0.3) is 10.9 Å². The summed E-state index contributed by atoms with van der Waals surface area (Å²) in [6.07, 6.45) is 0.685. The molecule has 0 bridgehead atoms. The van der Waals surface area contributed by atoms with Gasteiger partial charge in [-0.15, -0.1) is 0 Å². The zero-order valence-electron chi connectivity index (χ0n) is 13.2. The maximum Gasteiger partial charge on any atom is 0.261 e. The summed E-state index contributed by atoms with van der Waals surface area (Å²) in [5, 5.41) is 3.36. The van der Waals surface area contributed by atoms with Gasteiger partial charge in [-0.05, 0) is 48.6 Å². The van der Waals surface area contributed by atoms with Crippen LogP contribution >= 0.6 is 0 Å². The molecule has 3 aromatic rings. The number of H-pyrrole nitrogens is 1. The van der Waals surface area contributed by atoms with Crippen LogP contribution in [-0.4, -0.2) is 17.4 Å². The molecule has 0 saturated heterocycles. The van der Waals surface area contributed by atoms with Crippen molar-refractivity contribution in [3.8, 4) is 0 Å². The SMILES string of the molecule is Cc1cccc(CCNC(=O)c2cc3ccc(F)cc3[nH]c2=O)c1. The Morgan fingerprint density at radius 1 is 1.17 bits per heavy atom. The maximum atomic E-state index is 13.2. The van der Waals surface area contributed by atoms with Gasteiger partial charge in [0.25, 0.3) is 11.5 Å². The maximum absolute atomic E-state index is 13.2. The average Bonchev–Trinajstić information content (AvgIpc) is 2.54. The molecule has 2 aromatic carbocycles. The number of amides is 1. The number of hydrogen-bond acceptors (Lipinski definition) is 2. The van der Waals surface area contributed by atoms with Crippen LogP contribution in [-0.2, 0) is 6.42 Å². The standard InChI is InChI=1S/C19H17FN2O2/c1-12-3-2-4-13(9-12)7-8-21-18(23)16-10-14-5-6-15(20)11-17(14)22-19(16)24/h2-6,9-11H,7-8H2,1H3,(H,21,23)(H,22,24). The molecule has 0 aliphatic carbocycles. The van der Waals surface area contributed by atoms with E-state index >= 15 is 0 Å². The van der Waals surface area contributed by atoms with Crippen molar-refractivity contribution in [3.05, 3.63) is 81.4 Å². The molecule has 5 heteroatoms. The molecular formula is C19H17FN2O2. The van der Waals surface area contributed by atoms with Crippen molar-refractivity contribution in [2.24, 2.45) is 0 Å². The number of aromatic nitrogens is 1. The molecule has 2 N–H and O–H groups in total. The van der Waals surface area contributed by atoms with Gasteiger partial charge in [0.05, 0.1) is 5.52 Å². The topological polar surface area (TPSA) is 62.0 Å². The molecule has 0 saturated carbocycles. The van der Waals surface area contributed by atoms with Crippen LogP contribution in [0.15, 0.2) is 53.3 Å². The van der Waals surface area contributed by atoms with Crippen LogP contribution in [0, 0.1) is 12.7 Å². The van der Waals surface area contributed by atoms with E-state index in [1.165, 1.54) is 24.3 Å². The molecule has 0 fully saturated rings. The van der Waals surface area contributed by atoms with Crippen molar-refractivity contribution in [1.29, 1.82) is 0 Å². The van der Waals surface area contributed by atoms with E-state index in [4.69, 9.17) is 0 Å². The molecule has 1 heterocycles. The third kappa shape index (κ3) is 3.51. The Labute approximate surface area is 138 Å². The van der Waals surface area contributed by atoms with Crippen molar-refractivity contribution >= 4 is 16.8 Å². The number of hydrogen-bond donors (Lipinski definition) is 2. The number of benzene rings is 2. The van der Waals surface area contributed by atoms with Crippen LogP contribution in [0.1, 0.15) is 21.5 Å². The van der Waals surface area contributed by atoms with Gasteiger partial charge in [-0.1, -0.05) is 29.8 Å². The fourth-order valence-corrected chi connectivity index (χ4v) is 2.63. The second kappa shape index (κ2) is 6.66. The van der Waals surface area contributed by atoms with E-state index in [1.54, 1.807) is 0 Å². The summed E-state index contributed by atoms with van der Waals surface area (Å²) < 4.78 is 13.2. The van der Waals surface area contributed by atoms with Crippen molar-refractivity contribution in [1.82, 2.24) is 10.3 Å². The first-order valence-corrected chi connectivity index (χ1v) is 7.69. The number of carbonyl (C=O) groups excluding carboxylic acids is 1. The third-order valence-corrected chi connectivity index (χ3v) is 3.83. The van der Waals surface area contributed by atoms with Gasteiger partial charge in [0.15, 0.2) is 0 Å². The zero-order valence-corrected chi connectivity index (χ0v) is 13.2. The molecule has 24 heavy (non-hydrogen) atoms. The lowest BCUT2D eigenvalue weighted by molar-refractivity contribution is 0.0953. The first-order chi connectivity index (χ1) is 11.5. The smallest absolute Gasteiger partial charge is 0.261 e. The second-order valence-corrected chi connectivity index (χ2v) is 5.74. The quantitative estimate of drug-likeness (QED) is 0.775. The fraction of sp³-hybridized carbons (Fsp3) is 0.158. The molecule has 0 atom stereocenters. The molecule has 1 amide bonds. The first-order valence-electron chi connectivity index (χ1n) is 7.69. The predicted octanol–water partition coefficient (Wildman–Crippen LogP) is 2.95. The summed E-state index contributed by atoms with van der Waals surface area (Å²) in [6.45, 7) is 2.45. The summed E-state index contributed by atoms with van der Waals surface area (Å²) in [7, 11) is 0. The highest BCUT2D eigenvalue weighted by Crippen LogP contribution is 2.12. The fourth-order valence-electron chi connectivity index (χ4n) is 2.63. The van der Waals surface area contributed by atoms with Crippen LogP contribution in [0.4, 0.5) is 4.39 Å². The lowest BCUT2D eigenvalue weighted by Crippen LogP contribution is -2.31. The van der Waals surface area contributed by atoms with Crippen LogP contribution in [0.5, 0.6) is 0 Å². The highest BCUT2D eigenvalue weighted by atomic mass is 19.1. The van der Waals surface area contributed by atoms with E-state index in [1.807, 2.05) is 25.1 Å². The van der Waals surface area contributed by atoms with Gasteiger partial charge < -0.3 is 10.3 Å². The second-order valence-electron chi connectivity index (χ2n) is 5.74. The monoisotopic (exact) mass is 324 g/mol. The minimum atomic E-state index is -0.527. The van der Waals surface area contributed by atoms with Gasteiger partial charge in [-0.2, -0.15) is 0 Å². The van der Waals surface area contributed by atoms with Crippen molar-refractivity contribution in [2.75, 3.05) is 6.54 Å². The van der Waals surface area contributed by atoms with Crippen LogP contribution in [0.2, 0.25) is 0 Å². The summed E-state index contributed by atoms with van der Waals surface area (Å²) in [6, 6.07) is 13.6. The van der Waals surface area contributed by atoms with Gasteiger partial charge in [0.2, 0.25) is 0 Å². The van der Waals surface area contributed by atoms with E-state index in [2.05, 4.69) is 16.4 Å². The summed E-state index contributed by atoms with van der Waals surface area (Å²) >= 11 is 0. The van der Waals surface area contributed by atoms with E-state index in [-0.39, 0.29) is 5.56 Å². The van der Waals surface area contributed by atoms with E-state index in [0.29, 0.717) is 23.9 Å². The highest BCUT2D eigenvalue weighted by Gasteiger charge is 2.11. The number of fused-ring (bicyclic) bond motifs is 1. The van der Waals surface area contributed by atoms with Crippen molar-refractivity contribution in [3.63, 3.8) is 0 Å². The minimum absolute atomic E-state index is 0.0263. The minimum Gasteiger partial charge on any atom is -0.352 e. The molecule has 0 aliphatic rings. The Kier molecular flexibility index (Phi) is 4.42. The number of nitrogens with one attached hydrogen (secondary N) is 2. The Morgan fingerprint density at radius 3 is 2.79 bits per heavy atom. The van der Waals surface area contributed by atoms with Gasteiger partial charge in [0.1, 0.15) is 11.4 Å². The highest BCUT2D eigenvalue weighted by molar-refractivity contribution is 5.97. The van der Waals surface area contributed by atoms with Crippen molar-refractivity contribution < 1.29 is 9.18 Å². The average molecular weight is 324 g/mol. The Bertz CT molecular complexity index is 963. The molecule has 0 aliphatic heterocycles. The summed E-state index contributed by atoms with van der Waals surface area (Å²) in [5.74, 6) is -0.872. The van der Waals surface area contributed by atoms with E-state index < -0.39 is 17.3 Å². The number of aromatic amines is 1.